The average molecular weight is 1320 g/mol. The van der Waals surface area contributed by atoms with Crippen molar-refractivity contribution in [2.45, 2.75) is 148 Å². The summed E-state index contributed by atoms with van der Waals surface area (Å²) in [6.45, 7) is 9.10. The predicted octanol–water partition coefficient (Wildman–Crippen LogP) is 13.1. The Kier molecular flexibility index (Phi) is 21.8. The van der Waals surface area contributed by atoms with Gasteiger partial charge in [0.2, 0.25) is 0 Å². The van der Waals surface area contributed by atoms with Crippen molar-refractivity contribution in [1.82, 2.24) is 0 Å². The van der Waals surface area contributed by atoms with Crippen molar-refractivity contribution >= 4 is 8.07 Å². The van der Waals surface area contributed by atoms with Gasteiger partial charge in [-0.2, -0.15) is 132 Å². The van der Waals surface area contributed by atoms with Crippen LogP contribution in [0, 0.1) is 35.1 Å². The minimum absolute atomic E-state index is 0.0950. The molecule has 0 fully saturated rings. The third-order valence-corrected chi connectivity index (χ3v) is 11.4. The zero-order chi connectivity index (χ0) is 68.9. The number of benzene rings is 3. The van der Waals surface area contributed by atoms with Crippen molar-refractivity contribution in [3.63, 3.8) is 0 Å². The van der Waals surface area contributed by atoms with Crippen molar-refractivity contribution in [2.24, 2.45) is 0 Å². The molecule has 3 aromatic rings. The van der Waals surface area contributed by atoms with Gasteiger partial charge in [0.25, 0.3) is 28.0 Å². The lowest BCUT2D eigenvalue weighted by molar-refractivity contribution is -0.379. The van der Waals surface area contributed by atoms with Gasteiger partial charge < -0.3 is 35.7 Å². The Bertz CT molecular complexity index is 2710. The normalized spacial score (nSPS) is 14.5. The Labute approximate surface area is 463 Å². The summed E-state index contributed by atoms with van der Waals surface area (Å²) in [6.07, 6.45) is -65.0. The van der Waals surface area contributed by atoms with Crippen LogP contribution in [0.1, 0.15) is 72.2 Å². The smallest absolute Gasteiger partial charge is 0.378 e. The van der Waals surface area contributed by atoms with E-state index >= 15 is 0 Å². The quantitative estimate of drug-likeness (QED) is 0.0766. The number of alkyl halides is 30. The largest absolute Gasteiger partial charge is 0.430 e. The van der Waals surface area contributed by atoms with Gasteiger partial charge in [0.15, 0.2) is 0 Å². The molecule has 3 rings (SSSR count). The first-order valence-electron chi connectivity index (χ1n) is 22.0. The second kappa shape index (κ2) is 23.9. The molecular formula is C48H38F30O7Si. The zero-order valence-corrected chi connectivity index (χ0v) is 44.2. The molecule has 486 valence electrons. The summed E-state index contributed by atoms with van der Waals surface area (Å²) < 4.78 is 392. The lowest BCUT2D eigenvalue weighted by atomic mass is 9.84. The van der Waals surface area contributed by atoms with E-state index in [1.165, 1.54) is 33.5 Å². The van der Waals surface area contributed by atoms with Crippen LogP contribution in [0.25, 0.3) is 0 Å². The summed E-state index contributed by atoms with van der Waals surface area (Å²) >= 11 is 0. The minimum atomic E-state index is -6.67. The van der Waals surface area contributed by atoms with E-state index in [9.17, 15) is 167 Å². The van der Waals surface area contributed by atoms with E-state index in [1.54, 1.807) is 11.8 Å². The maximum Gasteiger partial charge on any atom is 0.430 e. The van der Waals surface area contributed by atoms with E-state index in [0.29, 0.717) is 12.1 Å². The topological polar surface area (TPSA) is 142 Å². The van der Waals surface area contributed by atoms with Crippen LogP contribution in [-0.4, -0.2) is 117 Å². The van der Waals surface area contributed by atoms with Crippen LogP contribution in [0.5, 0.6) is 0 Å². The summed E-state index contributed by atoms with van der Waals surface area (Å²) in [7, 11) is -2.49. The van der Waals surface area contributed by atoms with Crippen LogP contribution in [0.15, 0.2) is 60.7 Å². The maximum absolute atomic E-state index is 13.2. The molecule has 0 aliphatic carbocycles. The predicted molar refractivity (Wildman–Crippen MR) is 236 cm³/mol. The summed E-state index contributed by atoms with van der Waals surface area (Å²) in [6, 6.07) is 0.221. The molecule has 0 saturated heterocycles. The van der Waals surface area contributed by atoms with Gasteiger partial charge in [-0.15, -0.1) is 5.54 Å². The molecule has 0 aliphatic rings. The highest BCUT2D eigenvalue weighted by Gasteiger charge is 2.76. The monoisotopic (exact) mass is 1320 g/mol. The molecule has 0 atom stereocenters. The maximum atomic E-state index is 13.2. The summed E-state index contributed by atoms with van der Waals surface area (Å²) in [5, 5.41) is 65.8. The first-order valence-corrected chi connectivity index (χ1v) is 25.5. The standard InChI is InChI=1S/C17H12F12O3.C17H14F12O2Si.C14H12F6O2/c1-11(2,30)4-3-8-5-9(12(31,14(18,19)20)15(21,22)23)7-10(6-8)13(32,16(24,25)26)17(27,28)29;1-32(2,3)5-4-9-6-10(12(30,14(18,19)20)15(21,22)23)8-11(7-9)13(31,16(24,25)26)17(27,28)29;1-11(2,21)8-7-9-3-5-10(6-4-9)12(22,13(15,16)17)14(18,19)20/h5-7,30-32H,1-2H3;6-8,30-31H,1-3H3;3-6,21-22H,1-2H3. The molecule has 0 radical (unpaired) electrons. The van der Waals surface area contributed by atoms with Gasteiger partial charge >= 0.3 is 61.8 Å². The number of hydrogen-bond donors (Lipinski definition) is 7. The van der Waals surface area contributed by atoms with Crippen molar-refractivity contribution in [3.8, 4) is 35.1 Å². The Morgan fingerprint density at radius 1 is 0.267 bits per heavy atom. The fourth-order valence-corrected chi connectivity index (χ4v) is 6.70. The molecular weight excluding hydrogens is 1290 g/mol. The van der Waals surface area contributed by atoms with Gasteiger partial charge in [-0.3, -0.25) is 0 Å². The second-order valence-electron chi connectivity index (χ2n) is 19.8. The van der Waals surface area contributed by atoms with Crippen molar-refractivity contribution in [1.29, 1.82) is 0 Å². The van der Waals surface area contributed by atoms with Crippen LogP contribution in [0.4, 0.5) is 132 Å². The number of aliphatic hydroxyl groups is 7. The molecule has 7 N–H and O–H groups in total. The van der Waals surface area contributed by atoms with Crippen molar-refractivity contribution in [2.75, 3.05) is 0 Å². The van der Waals surface area contributed by atoms with Crippen LogP contribution in [0.2, 0.25) is 19.6 Å². The van der Waals surface area contributed by atoms with Crippen LogP contribution in [0.3, 0.4) is 0 Å². The van der Waals surface area contributed by atoms with Crippen LogP contribution < -0.4 is 0 Å². The summed E-state index contributed by atoms with van der Waals surface area (Å²) in [5.41, 5.74) is -43.2. The Balaban J connectivity index is 0.000000657. The fourth-order valence-electron chi connectivity index (χ4n) is 6.18. The van der Waals surface area contributed by atoms with E-state index in [4.69, 9.17) is 0 Å². The van der Waals surface area contributed by atoms with E-state index in [2.05, 4.69) is 17.4 Å². The number of hydrogen-bond acceptors (Lipinski definition) is 7. The molecule has 3 aromatic carbocycles. The highest BCUT2D eigenvalue weighted by atomic mass is 28.3. The molecule has 38 heteroatoms. The zero-order valence-electron chi connectivity index (χ0n) is 43.2. The molecule has 0 heterocycles. The highest BCUT2D eigenvalue weighted by Crippen LogP contribution is 2.57. The SMILES string of the molecule is CC(C)(O)C#Cc1cc(C(O)(C(F)(F)F)C(F)(F)F)cc(C(O)(C(F)(F)F)C(F)(F)F)c1.CC(C)(O)C#Cc1ccc(C(O)(C(F)(F)F)C(F)(F)F)cc1.C[Si](C)(C)C#Cc1cc(C(O)(C(F)(F)F)C(F)(F)F)cc(C(O)(C(F)(F)F)C(F)(F)F)c1. The Morgan fingerprint density at radius 3 is 0.640 bits per heavy atom. The highest BCUT2D eigenvalue weighted by molar-refractivity contribution is 6.83. The first-order chi connectivity index (χ1) is 37.3. The summed E-state index contributed by atoms with van der Waals surface area (Å²) in [5.74, 6) is 10.1. The fraction of sp³-hybridized carbons (Fsp3) is 0.500. The van der Waals surface area contributed by atoms with Gasteiger partial charge in [-0.05, 0) is 76.2 Å². The lowest BCUT2D eigenvalue weighted by Crippen LogP contribution is -2.55. The van der Waals surface area contributed by atoms with Gasteiger partial charge in [-0.1, -0.05) is 61.4 Å². The van der Waals surface area contributed by atoms with Crippen LogP contribution >= 0.6 is 0 Å². The molecule has 0 aromatic heterocycles. The van der Waals surface area contributed by atoms with E-state index in [-0.39, 0.29) is 29.8 Å². The summed E-state index contributed by atoms with van der Waals surface area (Å²) in [4.78, 5) is 0. The van der Waals surface area contributed by atoms with Crippen molar-refractivity contribution < 1.29 is 167 Å². The van der Waals surface area contributed by atoms with Gasteiger partial charge in [0.05, 0.1) is 0 Å². The third kappa shape index (κ3) is 16.9. The Hall–Kier alpha value is -5.82. The molecule has 0 unspecified atom stereocenters. The average Bonchev–Trinajstić information content (AvgIpc) is 0.800. The van der Waals surface area contributed by atoms with E-state index < -0.39 is 160 Å². The first kappa shape index (κ1) is 78.2. The number of rotatable bonds is 5. The third-order valence-electron chi connectivity index (χ3n) is 10.5. The molecule has 0 bridgehead atoms. The number of halogens is 30. The van der Waals surface area contributed by atoms with Gasteiger partial charge in [-0.25, -0.2) is 0 Å². The van der Waals surface area contributed by atoms with Crippen molar-refractivity contribution in [3.05, 3.63) is 105 Å². The molecule has 86 heavy (non-hydrogen) atoms. The van der Waals surface area contributed by atoms with E-state index in [1.807, 2.05) is 5.92 Å². The minimum Gasteiger partial charge on any atom is -0.378 e. The molecule has 0 saturated carbocycles. The van der Waals surface area contributed by atoms with Gasteiger partial charge in [0, 0.05) is 44.5 Å². The molecule has 0 spiro atoms. The molecule has 0 aliphatic heterocycles. The second-order valence-corrected chi connectivity index (χ2v) is 24.6. The molecule has 7 nitrogen and oxygen atoms in total. The lowest BCUT2D eigenvalue weighted by Gasteiger charge is -2.36. The van der Waals surface area contributed by atoms with Crippen LogP contribution in [-0.2, 0) is 28.0 Å². The molecule has 0 amide bonds. The van der Waals surface area contributed by atoms with E-state index in [0.717, 1.165) is 26.0 Å². The van der Waals surface area contributed by atoms with Gasteiger partial charge in [0.1, 0.15) is 19.3 Å². The Morgan fingerprint density at radius 2 is 0.453 bits per heavy atom.